The number of allylic oxidation sites excluding steroid dienone is 2. The summed E-state index contributed by atoms with van der Waals surface area (Å²) in [7, 11) is 0. The van der Waals surface area contributed by atoms with Crippen LogP contribution in [0.25, 0.3) is 0 Å². The van der Waals surface area contributed by atoms with Crippen LogP contribution in [0.3, 0.4) is 0 Å². The van der Waals surface area contributed by atoms with Crippen LogP contribution in [-0.2, 0) is 19.1 Å². The van der Waals surface area contributed by atoms with E-state index in [9.17, 15) is 19.2 Å². The Hall–Kier alpha value is -2.76. The zero-order valence-electron chi connectivity index (χ0n) is 16.2. The van der Waals surface area contributed by atoms with E-state index in [-0.39, 0.29) is 60.8 Å². The lowest BCUT2D eigenvalue weighted by molar-refractivity contribution is -0.145. The molecule has 4 aliphatic carbocycles. The average molecular weight is 393 g/mol. The lowest BCUT2D eigenvalue weighted by Gasteiger charge is -2.37. The number of benzene rings is 1. The van der Waals surface area contributed by atoms with Gasteiger partial charge in [-0.1, -0.05) is 42.0 Å². The molecule has 29 heavy (non-hydrogen) atoms. The Kier molecular flexibility index (Phi) is 4.19. The maximum Gasteiger partial charge on any atom is 0.308 e. The van der Waals surface area contributed by atoms with Gasteiger partial charge in [0.15, 0.2) is 12.4 Å². The highest BCUT2D eigenvalue weighted by molar-refractivity contribution is 6.06. The number of aryl methyl sites for hydroxylation is 1. The van der Waals surface area contributed by atoms with Crippen LogP contribution in [0.15, 0.2) is 36.4 Å². The molecule has 3 fully saturated rings. The number of hydrogen-bond acceptors (Lipinski definition) is 5. The van der Waals surface area contributed by atoms with Crippen LogP contribution in [0.5, 0.6) is 0 Å². The topological polar surface area (TPSA) is 80.8 Å². The fourth-order valence-corrected chi connectivity index (χ4v) is 5.48. The Morgan fingerprint density at radius 3 is 2.17 bits per heavy atom. The van der Waals surface area contributed by atoms with Crippen LogP contribution in [0.1, 0.15) is 28.8 Å². The van der Waals surface area contributed by atoms with Gasteiger partial charge in [-0.25, -0.2) is 0 Å². The molecule has 0 aromatic heterocycles. The number of ketones is 1. The van der Waals surface area contributed by atoms with E-state index >= 15 is 0 Å². The van der Waals surface area contributed by atoms with Gasteiger partial charge in [0.2, 0.25) is 11.8 Å². The third-order valence-corrected chi connectivity index (χ3v) is 7.03. The SMILES string of the molecule is Cc1ccc(C(=O)COC(=O)CCN2C(=O)[C@@H]3[C@@H]4C=C[C@H]([C@@H]5C[C@H]45)[C@H]3C2=O)cc1. The van der Waals surface area contributed by atoms with Crippen molar-refractivity contribution >= 4 is 23.6 Å². The fourth-order valence-electron chi connectivity index (χ4n) is 5.48. The van der Waals surface area contributed by atoms with Crippen molar-refractivity contribution in [1.29, 1.82) is 0 Å². The van der Waals surface area contributed by atoms with E-state index in [2.05, 4.69) is 12.2 Å². The second-order valence-electron chi connectivity index (χ2n) is 8.68. The average Bonchev–Trinajstić information content (AvgIpc) is 3.50. The number of rotatable bonds is 6. The molecular weight excluding hydrogens is 370 g/mol. The summed E-state index contributed by atoms with van der Waals surface area (Å²) in [6, 6.07) is 7.04. The van der Waals surface area contributed by atoms with E-state index < -0.39 is 5.97 Å². The minimum absolute atomic E-state index is 0.0248. The van der Waals surface area contributed by atoms with Gasteiger partial charge in [-0.15, -0.1) is 0 Å². The molecule has 0 spiro atoms. The third-order valence-electron chi connectivity index (χ3n) is 7.03. The Bertz CT molecular complexity index is 897. The van der Waals surface area contributed by atoms with Crippen molar-refractivity contribution in [3.8, 4) is 0 Å². The summed E-state index contributed by atoms with van der Waals surface area (Å²) in [5.74, 6) is -0.181. The molecule has 1 aliphatic heterocycles. The van der Waals surface area contributed by atoms with E-state index in [1.165, 1.54) is 4.90 Å². The molecule has 150 valence electrons. The summed E-state index contributed by atoms with van der Waals surface area (Å²) in [5.41, 5.74) is 1.53. The molecule has 1 aromatic carbocycles. The number of esters is 1. The number of carbonyl (C=O) groups is 4. The Balaban J connectivity index is 1.15. The minimum atomic E-state index is -0.579. The van der Waals surface area contributed by atoms with Crippen molar-refractivity contribution < 1.29 is 23.9 Å². The number of hydrogen-bond donors (Lipinski definition) is 0. The number of carbonyl (C=O) groups excluding carboxylic acids is 4. The van der Waals surface area contributed by atoms with Crippen LogP contribution < -0.4 is 0 Å². The first kappa shape index (κ1) is 18.3. The molecule has 6 rings (SSSR count). The predicted molar refractivity (Wildman–Crippen MR) is 103 cm³/mol. The zero-order chi connectivity index (χ0) is 20.3. The summed E-state index contributed by atoms with van der Waals surface area (Å²) in [6.07, 6.45) is 5.28. The van der Waals surface area contributed by atoms with Gasteiger partial charge in [-0.2, -0.15) is 0 Å². The van der Waals surface area contributed by atoms with E-state index in [1.54, 1.807) is 12.1 Å². The van der Waals surface area contributed by atoms with E-state index in [1.807, 2.05) is 19.1 Å². The molecule has 1 heterocycles. The van der Waals surface area contributed by atoms with Crippen LogP contribution in [0.4, 0.5) is 0 Å². The lowest BCUT2D eigenvalue weighted by atomic mass is 9.63. The molecule has 1 aromatic rings. The predicted octanol–water partition coefficient (Wildman–Crippen LogP) is 2.16. The van der Waals surface area contributed by atoms with Crippen LogP contribution in [0.2, 0.25) is 0 Å². The number of nitrogens with zero attached hydrogens (tertiary/aromatic N) is 1. The maximum atomic E-state index is 12.9. The first-order valence-corrected chi connectivity index (χ1v) is 10.2. The summed E-state index contributed by atoms with van der Waals surface area (Å²) in [5, 5.41) is 0. The highest BCUT2D eigenvalue weighted by atomic mass is 16.5. The van der Waals surface area contributed by atoms with Gasteiger partial charge in [0.05, 0.1) is 18.3 Å². The van der Waals surface area contributed by atoms with Crippen LogP contribution in [-0.4, -0.2) is 41.6 Å². The van der Waals surface area contributed by atoms with Crippen molar-refractivity contribution in [1.82, 2.24) is 4.90 Å². The Labute approximate surface area is 168 Å². The molecule has 2 saturated carbocycles. The number of imide groups is 1. The molecule has 6 atom stereocenters. The second kappa shape index (κ2) is 6.65. The van der Waals surface area contributed by atoms with Crippen LogP contribution in [0, 0.1) is 42.4 Å². The fraction of sp³-hybridized carbons (Fsp3) is 0.478. The van der Waals surface area contributed by atoms with E-state index in [0.29, 0.717) is 17.4 Å². The van der Waals surface area contributed by atoms with Crippen LogP contribution >= 0.6 is 0 Å². The van der Waals surface area contributed by atoms with Gasteiger partial charge < -0.3 is 4.74 Å². The normalized spacial score (nSPS) is 33.5. The third kappa shape index (κ3) is 2.93. The van der Waals surface area contributed by atoms with Gasteiger partial charge in [-0.3, -0.25) is 24.1 Å². The Morgan fingerprint density at radius 1 is 1.00 bits per heavy atom. The summed E-state index contributed by atoms with van der Waals surface area (Å²) in [6.45, 7) is 1.61. The first-order valence-electron chi connectivity index (χ1n) is 10.2. The molecule has 0 unspecified atom stereocenters. The molecule has 6 nitrogen and oxygen atoms in total. The second-order valence-corrected chi connectivity index (χ2v) is 8.68. The van der Waals surface area contributed by atoms with Gasteiger partial charge in [-0.05, 0) is 37.0 Å². The van der Waals surface area contributed by atoms with E-state index in [0.717, 1.165) is 12.0 Å². The minimum Gasteiger partial charge on any atom is -0.457 e. The van der Waals surface area contributed by atoms with Crippen molar-refractivity contribution in [3.63, 3.8) is 0 Å². The van der Waals surface area contributed by atoms with Gasteiger partial charge >= 0.3 is 5.97 Å². The molecule has 0 radical (unpaired) electrons. The van der Waals surface area contributed by atoms with E-state index in [4.69, 9.17) is 4.74 Å². The first-order chi connectivity index (χ1) is 14.0. The Morgan fingerprint density at radius 2 is 1.59 bits per heavy atom. The van der Waals surface area contributed by atoms with Gasteiger partial charge in [0.1, 0.15) is 0 Å². The quantitative estimate of drug-likeness (QED) is 0.320. The van der Waals surface area contributed by atoms with Gasteiger partial charge in [0.25, 0.3) is 0 Å². The van der Waals surface area contributed by atoms with Gasteiger partial charge in [0, 0.05) is 12.1 Å². The van der Waals surface area contributed by atoms with Crippen molar-refractivity contribution in [2.45, 2.75) is 19.8 Å². The highest BCUT2D eigenvalue weighted by Gasteiger charge is 2.66. The summed E-state index contributed by atoms with van der Waals surface area (Å²) >= 11 is 0. The molecule has 2 amide bonds. The monoisotopic (exact) mass is 393 g/mol. The number of ether oxygens (including phenoxy) is 1. The molecular formula is C23H23NO5. The van der Waals surface area contributed by atoms with Crippen molar-refractivity contribution in [2.24, 2.45) is 35.5 Å². The lowest BCUT2D eigenvalue weighted by Crippen LogP contribution is -2.40. The molecule has 6 heteroatoms. The number of amides is 2. The largest absolute Gasteiger partial charge is 0.457 e. The summed E-state index contributed by atoms with van der Waals surface area (Å²) in [4.78, 5) is 51.2. The standard InChI is InChI=1S/C23H23NO5/c1-12-2-4-13(5-3-12)18(25)11-29-19(26)8-9-24-22(27)20-14-6-7-15(17-10-16(14)17)21(20)23(24)28/h2-7,14-17,20-21H,8-11H2,1H3/t14-,15-,16-,17+,20-,21-/m1/s1. The molecule has 2 bridgehead atoms. The molecule has 0 N–H and O–H groups in total. The summed E-state index contributed by atoms with van der Waals surface area (Å²) < 4.78 is 5.07. The van der Waals surface area contributed by atoms with Crippen molar-refractivity contribution in [2.75, 3.05) is 13.2 Å². The maximum absolute atomic E-state index is 12.9. The van der Waals surface area contributed by atoms with Crippen molar-refractivity contribution in [3.05, 3.63) is 47.5 Å². The molecule has 1 saturated heterocycles. The number of Topliss-reactive ketones (excluding diaryl/α,β-unsaturated/α-hetero) is 1. The number of likely N-dealkylation sites (tertiary alicyclic amines) is 1. The smallest absolute Gasteiger partial charge is 0.308 e. The zero-order valence-corrected chi connectivity index (χ0v) is 16.2. The molecule has 5 aliphatic rings. The highest BCUT2D eigenvalue weighted by Crippen LogP contribution is 2.65.